The number of amides is 1. The molecule has 0 unspecified atom stereocenters. The first kappa shape index (κ1) is 22.7. The van der Waals surface area contributed by atoms with Gasteiger partial charge in [-0.2, -0.15) is 0 Å². The van der Waals surface area contributed by atoms with E-state index < -0.39 is 15.9 Å². The van der Waals surface area contributed by atoms with Gasteiger partial charge in [0, 0.05) is 18.7 Å². The first-order chi connectivity index (χ1) is 14.2. The third-order valence-corrected chi connectivity index (χ3v) is 6.93. The lowest BCUT2D eigenvalue weighted by Gasteiger charge is -2.13. The van der Waals surface area contributed by atoms with Gasteiger partial charge in [-0.3, -0.25) is 4.79 Å². The summed E-state index contributed by atoms with van der Waals surface area (Å²) in [4.78, 5) is 12.5. The Morgan fingerprint density at radius 3 is 2.47 bits per heavy atom. The fourth-order valence-corrected chi connectivity index (χ4v) is 5.02. The van der Waals surface area contributed by atoms with E-state index in [4.69, 9.17) is 32.7 Å². The molecule has 3 rings (SSSR count). The number of ether oxygens (including phenoxy) is 2. The maximum atomic E-state index is 12.6. The molecule has 0 aromatic heterocycles. The smallest absolute Gasteiger partial charge is 0.252 e. The first-order valence-corrected chi connectivity index (χ1v) is 11.5. The zero-order chi connectivity index (χ0) is 21.9. The standard InChI is InChI=1S/C20H22Cl2N2O5S/c1-28-14-6-3-12(18(9-14)29-2)7-8-23-20(25)15-10-19(17(22)11-16(15)21)30(26,27)24-13-4-5-13/h3,6,9-11,13,24H,4-5,7-8H2,1-2H3,(H,23,25). The van der Waals surface area contributed by atoms with E-state index in [0.717, 1.165) is 18.4 Å². The van der Waals surface area contributed by atoms with Crippen molar-refractivity contribution in [3.8, 4) is 11.5 Å². The quantitative estimate of drug-likeness (QED) is 0.582. The van der Waals surface area contributed by atoms with Gasteiger partial charge in [0.25, 0.3) is 5.91 Å². The highest BCUT2D eigenvalue weighted by atomic mass is 35.5. The second kappa shape index (κ2) is 9.43. The van der Waals surface area contributed by atoms with Crippen molar-refractivity contribution in [3.63, 3.8) is 0 Å². The number of sulfonamides is 1. The SMILES string of the molecule is COc1ccc(CCNC(=O)c2cc(S(=O)(=O)NC3CC3)c(Cl)cc2Cl)c(OC)c1. The maximum Gasteiger partial charge on any atom is 0.252 e. The van der Waals surface area contributed by atoms with Gasteiger partial charge in [-0.15, -0.1) is 0 Å². The van der Waals surface area contributed by atoms with Crippen LogP contribution in [0.15, 0.2) is 35.2 Å². The van der Waals surface area contributed by atoms with Crippen LogP contribution in [0.1, 0.15) is 28.8 Å². The van der Waals surface area contributed by atoms with Crippen molar-refractivity contribution in [1.82, 2.24) is 10.0 Å². The summed E-state index contributed by atoms with van der Waals surface area (Å²) in [5, 5.41) is 2.79. The van der Waals surface area contributed by atoms with Crippen LogP contribution in [-0.2, 0) is 16.4 Å². The lowest BCUT2D eigenvalue weighted by atomic mass is 10.1. The summed E-state index contributed by atoms with van der Waals surface area (Å²) in [6.45, 7) is 0.295. The van der Waals surface area contributed by atoms with Crippen LogP contribution in [0.3, 0.4) is 0 Å². The second-order valence-electron chi connectivity index (χ2n) is 6.84. The van der Waals surface area contributed by atoms with Crippen molar-refractivity contribution in [2.45, 2.75) is 30.2 Å². The molecule has 2 aromatic rings. The van der Waals surface area contributed by atoms with Gasteiger partial charge in [-0.05, 0) is 43.0 Å². The summed E-state index contributed by atoms with van der Waals surface area (Å²) >= 11 is 12.2. The molecule has 2 N–H and O–H groups in total. The van der Waals surface area contributed by atoms with Crippen molar-refractivity contribution >= 4 is 39.1 Å². The van der Waals surface area contributed by atoms with Gasteiger partial charge in [-0.1, -0.05) is 29.3 Å². The van der Waals surface area contributed by atoms with E-state index >= 15 is 0 Å². The fraction of sp³-hybridized carbons (Fsp3) is 0.350. The largest absolute Gasteiger partial charge is 0.497 e. The summed E-state index contributed by atoms with van der Waals surface area (Å²) in [5.41, 5.74) is 0.927. The molecule has 1 amide bonds. The number of rotatable bonds is 9. The number of hydrogen-bond acceptors (Lipinski definition) is 5. The van der Waals surface area contributed by atoms with Crippen LogP contribution in [0, 0.1) is 0 Å². The Hall–Kier alpha value is -2.00. The number of methoxy groups -OCH3 is 2. The number of carbonyl (C=O) groups excluding carboxylic acids is 1. The summed E-state index contributed by atoms with van der Waals surface area (Å²) in [5.74, 6) is 0.820. The van der Waals surface area contributed by atoms with E-state index in [-0.39, 0.29) is 26.5 Å². The zero-order valence-corrected chi connectivity index (χ0v) is 18.8. The van der Waals surface area contributed by atoms with E-state index in [0.29, 0.717) is 24.5 Å². The molecule has 7 nitrogen and oxygen atoms in total. The Labute approximate surface area is 185 Å². The fourth-order valence-electron chi connectivity index (χ4n) is 2.86. The molecule has 1 fully saturated rings. The molecule has 0 radical (unpaired) electrons. The van der Waals surface area contributed by atoms with Gasteiger partial charge in [0.1, 0.15) is 16.4 Å². The molecule has 0 bridgehead atoms. The lowest BCUT2D eigenvalue weighted by Crippen LogP contribution is -2.28. The molecule has 1 aliphatic carbocycles. The van der Waals surface area contributed by atoms with Crippen molar-refractivity contribution in [1.29, 1.82) is 0 Å². The minimum Gasteiger partial charge on any atom is -0.497 e. The molecular formula is C20H22Cl2N2O5S. The summed E-state index contributed by atoms with van der Waals surface area (Å²) in [7, 11) is -0.702. The van der Waals surface area contributed by atoms with E-state index in [1.165, 1.54) is 12.1 Å². The third kappa shape index (κ3) is 5.37. The van der Waals surface area contributed by atoms with Gasteiger partial charge >= 0.3 is 0 Å². The summed E-state index contributed by atoms with van der Waals surface area (Å²) in [6.07, 6.45) is 2.07. The van der Waals surface area contributed by atoms with Gasteiger partial charge in [0.2, 0.25) is 10.0 Å². The van der Waals surface area contributed by atoms with Crippen molar-refractivity contribution in [3.05, 3.63) is 51.5 Å². The summed E-state index contributed by atoms with van der Waals surface area (Å²) in [6, 6.07) is 7.81. The maximum absolute atomic E-state index is 12.6. The van der Waals surface area contributed by atoms with E-state index in [9.17, 15) is 13.2 Å². The van der Waals surface area contributed by atoms with Gasteiger partial charge in [0.15, 0.2) is 0 Å². The number of hydrogen-bond donors (Lipinski definition) is 2. The minimum absolute atomic E-state index is 0.0346. The normalized spacial score (nSPS) is 13.7. The zero-order valence-electron chi connectivity index (χ0n) is 16.5. The van der Waals surface area contributed by atoms with E-state index in [1.807, 2.05) is 6.07 Å². The average Bonchev–Trinajstić information content (AvgIpc) is 3.51. The molecule has 162 valence electrons. The van der Waals surface area contributed by atoms with Crippen molar-refractivity contribution < 1.29 is 22.7 Å². The number of carbonyl (C=O) groups is 1. The Morgan fingerprint density at radius 1 is 1.10 bits per heavy atom. The number of halogens is 2. The molecule has 10 heteroatoms. The van der Waals surface area contributed by atoms with E-state index in [2.05, 4.69) is 10.0 Å². The summed E-state index contributed by atoms with van der Waals surface area (Å²) < 4.78 is 38.1. The molecule has 30 heavy (non-hydrogen) atoms. The van der Waals surface area contributed by atoms with Crippen LogP contribution >= 0.6 is 23.2 Å². The van der Waals surface area contributed by atoms with Crippen LogP contribution in [0.4, 0.5) is 0 Å². The predicted octanol–water partition coefficient (Wildman–Crippen LogP) is 3.42. The van der Waals surface area contributed by atoms with Gasteiger partial charge in [0.05, 0.1) is 29.8 Å². The average molecular weight is 473 g/mol. The molecule has 1 aliphatic rings. The number of nitrogens with one attached hydrogen (secondary N) is 2. The lowest BCUT2D eigenvalue weighted by molar-refractivity contribution is 0.0954. The molecule has 1 saturated carbocycles. The van der Waals surface area contributed by atoms with Crippen LogP contribution in [0.5, 0.6) is 11.5 Å². The highest BCUT2D eigenvalue weighted by molar-refractivity contribution is 7.89. The topological polar surface area (TPSA) is 93.7 Å². The monoisotopic (exact) mass is 472 g/mol. The van der Waals surface area contributed by atoms with Crippen molar-refractivity contribution in [2.75, 3.05) is 20.8 Å². The Morgan fingerprint density at radius 2 is 1.83 bits per heavy atom. The first-order valence-electron chi connectivity index (χ1n) is 9.25. The predicted molar refractivity (Wildman–Crippen MR) is 115 cm³/mol. The van der Waals surface area contributed by atoms with Gasteiger partial charge in [-0.25, -0.2) is 13.1 Å². The molecule has 0 spiro atoms. The Bertz CT molecular complexity index is 1060. The van der Waals surface area contributed by atoms with Crippen LogP contribution in [0.25, 0.3) is 0 Å². The van der Waals surface area contributed by atoms with Crippen molar-refractivity contribution in [2.24, 2.45) is 0 Å². The molecule has 0 atom stereocenters. The van der Waals surface area contributed by atoms with Crippen LogP contribution < -0.4 is 19.5 Å². The number of benzene rings is 2. The minimum atomic E-state index is -3.83. The molecule has 0 aliphatic heterocycles. The second-order valence-corrected chi connectivity index (χ2v) is 9.34. The van der Waals surface area contributed by atoms with Gasteiger partial charge < -0.3 is 14.8 Å². The Balaban J connectivity index is 1.72. The molecule has 0 saturated heterocycles. The highest BCUT2D eigenvalue weighted by Crippen LogP contribution is 2.31. The van der Waals surface area contributed by atoms with Crippen LogP contribution in [0.2, 0.25) is 10.0 Å². The molecular weight excluding hydrogens is 451 g/mol. The van der Waals surface area contributed by atoms with Crippen LogP contribution in [-0.4, -0.2) is 41.1 Å². The molecule has 2 aromatic carbocycles. The Kier molecular flexibility index (Phi) is 7.13. The van der Waals surface area contributed by atoms with E-state index in [1.54, 1.807) is 26.4 Å². The highest BCUT2D eigenvalue weighted by Gasteiger charge is 2.30. The third-order valence-electron chi connectivity index (χ3n) is 4.63. The molecule has 0 heterocycles.